The first-order valence-electron chi connectivity index (χ1n) is 5.17. The van der Waals surface area contributed by atoms with Crippen molar-refractivity contribution in [3.63, 3.8) is 0 Å². The molecule has 1 amide bonds. The van der Waals surface area contributed by atoms with Crippen LogP contribution < -0.4 is 5.32 Å². The maximum Gasteiger partial charge on any atom is 0.264 e. The molecule has 2 rings (SSSR count). The van der Waals surface area contributed by atoms with Gasteiger partial charge in [0.2, 0.25) is 0 Å². The third kappa shape index (κ3) is 2.65. The Morgan fingerprint density at radius 2 is 2.33 bits per heavy atom. The molecule has 0 atom stereocenters. The zero-order valence-electron chi connectivity index (χ0n) is 9.41. The highest BCUT2D eigenvalue weighted by Gasteiger charge is 2.17. The number of thiazole rings is 1. The molecule has 0 saturated heterocycles. The Morgan fingerprint density at radius 3 is 3.00 bits per heavy atom. The highest BCUT2D eigenvalue weighted by molar-refractivity contribution is 7.17. The van der Waals surface area contributed by atoms with E-state index in [9.17, 15) is 9.18 Å². The summed E-state index contributed by atoms with van der Waals surface area (Å²) in [6, 6.07) is 1.30. The molecule has 2 heterocycles. The summed E-state index contributed by atoms with van der Waals surface area (Å²) in [5, 5.41) is 3.22. The molecule has 7 heteroatoms. The molecule has 0 saturated carbocycles. The lowest BCUT2D eigenvalue weighted by molar-refractivity contribution is 0.0960. The van der Waals surface area contributed by atoms with Crippen LogP contribution in [0.15, 0.2) is 18.5 Å². The van der Waals surface area contributed by atoms with E-state index in [1.165, 1.54) is 12.3 Å². The number of nitrogens with zero attached hydrogens (tertiary/aromatic N) is 2. The van der Waals surface area contributed by atoms with E-state index in [1.54, 1.807) is 0 Å². The maximum atomic E-state index is 13.0. The second-order valence-electron chi connectivity index (χ2n) is 3.39. The highest BCUT2D eigenvalue weighted by Crippen LogP contribution is 2.30. The van der Waals surface area contributed by atoms with Gasteiger partial charge in [0.05, 0.1) is 6.20 Å². The second-order valence-corrected chi connectivity index (χ2v) is 4.75. The van der Waals surface area contributed by atoms with Gasteiger partial charge in [0, 0.05) is 18.3 Å². The molecule has 0 fully saturated rings. The molecule has 18 heavy (non-hydrogen) atoms. The number of hydrogen-bond donors (Lipinski definition) is 1. The number of amides is 1. The summed E-state index contributed by atoms with van der Waals surface area (Å²) in [5.41, 5.74) is 0.498. The van der Waals surface area contributed by atoms with E-state index in [1.807, 2.05) is 6.92 Å². The average Bonchev–Trinajstić information content (AvgIpc) is 2.72. The number of carbonyl (C=O) groups is 1. The Kier molecular flexibility index (Phi) is 3.88. The van der Waals surface area contributed by atoms with Crippen LogP contribution in [0, 0.1) is 5.82 Å². The summed E-state index contributed by atoms with van der Waals surface area (Å²) >= 11 is 7.00. The number of pyridine rings is 1. The molecule has 0 spiro atoms. The summed E-state index contributed by atoms with van der Waals surface area (Å²) < 4.78 is 13.0. The van der Waals surface area contributed by atoms with Gasteiger partial charge < -0.3 is 5.32 Å². The molecule has 2 aromatic heterocycles. The minimum atomic E-state index is -0.460. The fourth-order valence-corrected chi connectivity index (χ4v) is 2.53. The minimum Gasteiger partial charge on any atom is -0.352 e. The zero-order valence-corrected chi connectivity index (χ0v) is 11.0. The van der Waals surface area contributed by atoms with E-state index < -0.39 is 5.82 Å². The molecule has 0 unspecified atom stereocenters. The average molecular weight is 286 g/mol. The summed E-state index contributed by atoms with van der Waals surface area (Å²) in [7, 11) is 0. The summed E-state index contributed by atoms with van der Waals surface area (Å²) in [6.07, 6.45) is 2.57. The van der Waals surface area contributed by atoms with Crippen LogP contribution in [0.3, 0.4) is 0 Å². The molecule has 0 aliphatic rings. The fourth-order valence-electron chi connectivity index (χ4n) is 1.33. The lowest BCUT2D eigenvalue weighted by Gasteiger charge is -1.97. The van der Waals surface area contributed by atoms with Crippen molar-refractivity contribution >= 4 is 28.8 Å². The van der Waals surface area contributed by atoms with Crippen LogP contribution >= 0.6 is 22.9 Å². The predicted octanol–water partition coefficient (Wildman–Crippen LogP) is 2.75. The van der Waals surface area contributed by atoms with Crippen molar-refractivity contribution in [2.45, 2.75) is 6.92 Å². The monoisotopic (exact) mass is 285 g/mol. The topological polar surface area (TPSA) is 54.9 Å². The van der Waals surface area contributed by atoms with Crippen LogP contribution in [0.25, 0.3) is 10.6 Å². The molecule has 0 aromatic carbocycles. The van der Waals surface area contributed by atoms with E-state index in [0.717, 1.165) is 17.5 Å². The first-order chi connectivity index (χ1) is 8.61. The van der Waals surface area contributed by atoms with Gasteiger partial charge in [0.15, 0.2) is 5.15 Å². The van der Waals surface area contributed by atoms with Crippen molar-refractivity contribution < 1.29 is 9.18 Å². The smallest absolute Gasteiger partial charge is 0.264 e. The van der Waals surface area contributed by atoms with Gasteiger partial charge in [-0.2, -0.15) is 0 Å². The van der Waals surface area contributed by atoms with Crippen LogP contribution in [-0.2, 0) is 0 Å². The van der Waals surface area contributed by atoms with Crippen LogP contribution in [-0.4, -0.2) is 22.4 Å². The Bertz CT molecular complexity index is 587. The standard InChI is InChI=1S/C11H9ClFN3OS/c1-2-15-10(17)8-9(12)16-11(18-8)6-3-7(13)5-14-4-6/h3-5H,2H2,1H3,(H,15,17). The van der Waals surface area contributed by atoms with Gasteiger partial charge >= 0.3 is 0 Å². The van der Waals surface area contributed by atoms with E-state index in [2.05, 4.69) is 15.3 Å². The van der Waals surface area contributed by atoms with Crippen molar-refractivity contribution in [2.24, 2.45) is 0 Å². The first-order valence-corrected chi connectivity index (χ1v) is 6.36. The van der Waals surface area contributed by atoms with Crippen LogP contribution in [0.4, 0.5) is 4.39 Å². The quantitative estimate of drug-likeness (QED) is 0.943. The van der Waals surface area contributed by atoms with Crippen molar-refractivity contribution in [1.82, 2.24) is 15.3 Å². The van der Waals surface area contributed by atoms with Gasteiger partial charge in [-0.05, 0) is 13.0 Å². The lowest BCUT2D eigenvalue weighted by Crippen LogP contribution is -2.21. The normalized spacial score (nSPS) is 10.4. The Balaban J connectivity index is 2.37. The molecule has 2 aromatic rings. The van der Waals surface area contributed by atoms with E-state index in [-0.39, 0.29) is 11.1 Å². The number of carbonyl (C=O) groups excluding carboxylic acids is 1. The van der Waals surface area contributed by atoms with Crippen LogP contribution in [0.5, 0.6) is 0 Å². The Labute approximate surface area is 112 Å². The Morgan fingerprint density at radius 1 is 1.56 bits per heavy atom. The van der Waals surface area contributed by atoms with Crippen molar-refractivity contribution in [3.8, 4) is 10.6 Å². The molecule has 0 aliphatic carbocycles. The zero-order chi connectivity index (χ0) is 13.1. The van der Waals surface area contributed by atoms with E-state index >= 15 is 0 Å². The molecule has 0 bridgehead atoms. The van der Waals surface area contributed by atoms with Crippen LogP contribution in [0.2, 0.25) is 5.15 Å². The summed E-state index contributed by atoms with van der Waals surface area (Å²) in [6.45, 7) is 2.31. The number of nitrogens with one attached hydrogen (secondary N) is 1. The minimum absolute atomic E-state index is 0.116. The SMILES string of the molecule is CCNC(=O)c1sc(-c2cncc(F)c2)nc1Cl. The highest BCUT2D eigenvalue weighted by atomic mass is 35.5. The molecule has 0 aliphatic heterocycles. The number of rotatable bonds is 3. The summed E-state index contributed by atoms with van der Waals surface area (Å²) in [4.78, 5) is 19.8. The van der Waals surface area contributed by atoms with Crippen molar-refractivity contribution in [1.29, 1.82) is 0 Å². The molecule has 1 N–H and O–H groups in total. The molecular formula is C11H9ClFN3OS. The third-order valence-corrected chi connectivity index (χ3v) is 3.57. The second kappa shape index (κ2) is 5.41. The number of aromatic nitrogens is 2. The van der Waals surface area contributed by atoms with Gasteiger partial charge in [0.1, 0.15) is 15.7 Å². The molecule has 94 valence electrons. The van der Waals surface area contributed by atoms with E-state index in [0.29, 0.717) is 22.0 Å². The fraction of sp³-hybridized carbons (Fsp3) is 0.182. The van der Waals surface area contributed by atoms with Crippen molar-refractivity contribution in [3.05, 3.63) is 34.3 Å². The molecular weight excluding hydrogens is 277 g/mol. The van der Waals surface area contributed by atoms with E-state index in [4.69, 9.17) is 11.6 Å². The third-order valence-electron chi connectivity index (χ3n) is 2.08. The molecule has 4 nitrogen and oxygen atoms in total. The maximum absolute atomic E-state index is 13.0. The van der Waals surface area contributed by atoms with Gasteiger partial charge in [-0.25, -0.2) is 9.37 Å². The predicted molar refractivity (Wildman–Crippen MR) is 68.3 cm³/mol. The lowest BCUT2D eigenvalue weighted by atomic mass is 10.3. The van der Waals surface area contributed by atoms with Crippen LogP contribution in [0.1, 0.15) is 16.6 Å². The van der Waals surface area contributed by atoms with Gasteiger partial charge in [-0.15, -0.1) is 11.3 Å². The molecule has 0 radical (unpaired) electrons. The Hall–Kier alpha value is -1.53. The number of halogens is 2. The van der Waals surface area contributed by atoms with Crippen molar-refractivity contribution in [2.75, 3.05) is 6.54 Å². The largest absolute Gasteiger partial charge is 0.352 e. The number of hydrogen-bond acceptors (Lipinski definition) is 4. The summed E-state index contributed by atoms with van der Waals surface area (Å²) in [5.74, 6) is -0.742. The first kappa shape index (κ1) is 12.9. The van der Waals surface area contributed by atoms with Gasteiger partial charge in [-0.3, -0.25) is 9.78 Å². The van der Waals surface area contributed by atoms with Gasteiger partial charge in [0.25, 0.3) is 5.91 Å². The van der Waals surface area contributed by atoms with Gasteiger partial charge in [-0.1, -0.05) is 11.6 Å².